The highest BCUT2D eigenvalue weighted by molar-refractivity contribution is 5.93. The van der Waals surface area contributed by atoms with Crippen molar-refractivity contribution in [1.29, 1.82) is 0 Å². The Balaban J connectivity index is 1.49. The van der Waals surface area contributed by atoms with E-state index in [0.29, 0.717) is 29.2 Å². The Morgan fingerprint density at radius 2 is 1.93 bits per heavy atom. The fourth-order valence-corrected chi connectivity index (χ4v) is 3.78. The van der Waals surface area contributed by atoms with Crippen LogP contribution in [0.15, 0.2) is 35.0 Å². The maximum absolute atomic E-state index is 12.7. The van der Waals surface area contributed by atoms with Gasteiger partial charge in [0.15, 0.2) is 11.7 Å². The lowest BCUT2D eigenvalue weighted by atomic mass is 9.85. The van der Waals surface area contributed by atoms with Crippen LogP contribution < -0.4 is 5.32 Å². The molecule has 4 rings (SSSR count). The van der Waals surface area contributed by atoms with E-state index in [4.69, 9.17) is 4.42 Å². The van der Waals surface area contributed by atoms with Crippen molar-refractivity contribution in [3.8, 4) is 11.5 Å². The lowest BCUT2D eigenvalue weighted by Gasteiger charge is -2.31. The lowest BCUT2D eigenvalue weighted by molar-refractivity contribution is -0.121. The summed E-state index contributed by atoms with van der Waals surface area (Å²) in [6.07, 6.45) is 7.33. The number of pyridine rings is 2. The summed E-state index contributed by atoms with van der Waals surface area (Å²) >= 11 is 0. The number of fused-ring (bicyclic) bond motifs is 1. The molecule has 1 N–H and O–H groups in total. The second-order valence-corrected chi connectivity index (χ2v) is 7.66. The maximum Gasteiger partial charge on any atom is 0.228 e. The molecule has 1 aliphatic rings. The molecule has 0 bridgehead atoms. The summed E-state index contributed by atoms with van der Waals surface area (Å²) in [6, 6.07) is 6.21. The minimum Gasteiger partial charge on any atom is -0.439 e. The minimum atomic E-state index is 0.0464. The SMILES string of the molecule is Cc1ncc(-c2ccc3cnc(NC(=O)C4CCC(N(C)C)CC4)cc3n2)o1. The third-order valence-electron chi connectivity index (χ3n) is 5.50. The highest BCUT2D eigenvalue weighted by Gasteiger charge is 2.27. The number of aryl methyl sites for hydroxylation is 1. The van der Waals surface area contributed by atoms with E-state index >= 15 is 0 Å². The van der Waals surface area contributed by atoms with Crippen LogP contribution >= 0.6 is 0 Å². The molecule has 0 saturated heterocycles. The predicted molar refractivity (Wildman–Crippen MR) is 108 cm³/mol. The quantitative estimate of drug-likeness (QED) is 0.745. The van der Waals surface area contributed by atoms with E-state index in [1.165, 1.54) is 0 Å². The van der Waals surface area contributed by atoms with Gasteiger partial charge in [0.25, 0.3) is 0 Å². The molecule has 7 heteroatoms. The standard InChI is InChI=1S/C21H25N5O2/c1-13-22-12-19(28-13)17-9-6-15-11-23-20(10-18(15)24-17)25-21(27)14-4-7-16(8-5-14)26(2)3/h6,9-12,14,16H,4-5,7-8H2,1-3H3,(H,23,25,27). The Morgan fingerprint density at radius 1 is 1.14 bits per heavy atom. The Bertz CT molecular complexity index is 989. The van der Waals surface area contributed by atoms with Gasteiger partial charge in [-0.3, -0.25) is 4.79 Å². The normalized spacial score (nSPS) is 19.9. The van der Waals surface area contributed by atoms with E-state index < -0.39 is 0 Å². The number of hydrogen-bond donors (Lipinski definition) is 1. The zero-order valence-electron chi connectivity index (χ0n) is 16.5. The van der Waals surface area contributed by atoms with Crippen LogP contribution in [0.5, 0.6) is 0 Å². The van der Waals surface area contributed by atoms with Gasteiger partial charge in [-0.1, -0.05) is 0 Å². The summed E-state index contributed by atoms with van der Waals surface area (Å²) in [5.74, 6) is 1.85. The molecule has 1 fully saturated rings. The first-order chi connectivity index (χ1) is 13.5. The number of nitrogens with zero attached hydrogens (tertiary/aromatic N) is 4. The third kappa shape index (κ3) is 3.89. The van der Waals surface area contributed by atoms with Gasteiger partial charge in [0, 0.05) is 36.5 Å². The molecule has 146 valence electrons. The fraction of sp³-hybridized carbons (Fsp3) is 0.429. The van der Waals surface area contributed by atoms with E-state index in [1.807, 2.05) is 18.2 Å². The highest BCUT2D eigenvalue weighted by atomic mass is 16.4. The summed E-state index contributed by atoms with van der Waals surface area (Å²) in [5.41, 5.74) is 1.46. The van der Waals surface area contributed by atoms with E-state index in [9.17, 15) is 4.79 Å². The first-order valence-corrected chi connectivity index (χ1v) is 9.66. The van der Waals surface area contributed by atoms with Gasteiger partial charge in [0.2, 0.25) is 5.91 Å². The van der Waals surface area contributed by atoms with Gasteiger partial charge in [0.1, 0.15) is 11.5 Å². The van der Waals surface area contributed by atoms with E-state index in [2.05, 4.69) is 39.3 Å². The predicted octanol–water partition coefficient (Wildman–Crippen LogP) is 3.65. The Labute approximate surface area is 164 Å². The van der Waals surface area contributed by atoms with Crippen molar-refractivity contribution >= 4 is 22.6 Å². The second kappa shape index (κ2) is 7.67. The Hall–Kier alpha value is -2.80. The first-order valence-electron chi connectivity index (χ1n) is 9.66. The molecule has 3 aromatic heterocycles. The van der Waals surface area contributed by atoms with Crippen molar-refractivity contribution in [3.63, 3.8) is 0 Å². The second-order valence-electron chi connectivity index (χ2n) is 7.66. The van der Waals surface area contributed by atoms with Crippen molar-refractivity contribution in [2.45, 2.75) is 38.6 Å². The number of carbonyl (C=O) groups excluding carboxylic acids is 1. The third-order valence-corrected chi connectivity index (χ3v) is 5.50. The number of anilines is 1. The molecule has 0 spiro atoms. The molecule has 0 unspecified atom stereocenters. The van der Waals surface area contributed by atoms with Gasteiger partial charge < -0.3 is 14.6 Å². The van der Waals surface area contributed by atoms with Crippen LogP contribution in [0.4, 0.5) is 5.82 Å². The van der Waals surface area contributed by atoms with E-state index in [0.717, 1.165) is 36.6 Å². The van der Waals surface area contributed by atoms with Crippen molar-refractivity contribution in [2.75, 3.05) is 19.4 Å². The molecular weight excluding hydrogens is 354 g/mol. The summed E-state index contributed by atoms with van der Waals surface area (Å²) in [4.78, 5) is 28.0. The van der Waals surface area contributed by atoms with Crippen LogP contribution in [0.25, 0.3) is 22.4 Å². The average molecular weight is 379 g/mol. The van der Waals surface area contributed by atoms with Gasteiger partial charge in [-0.2, -0.15) is 0 Å². The zero-order chi connectivity index (χ0) is 19.7. The molecule has 3 heterocycles. The van der Waals surface area contributed by atoms with Gasteiger partial charge in [-0.25, -0.2) is 15.0 Å². The molecule has 7 nitrogen and oxygen atoms in total. The minimum absolute atomic E-state index is 0.0464. The topological polar surface area (TPSA) is 84.2 Å². The average Bonchev–Trinajstić information content (AvgIpc) is 3.14. The number of rotatable bonds is 4. The maximum atomic E-state index is 12.7. The summed E-state index contributed by atoms with van der Waals surface area (Å²) < 4.78 is 5.56. The highest BCUT2D eigenvalue weighted by Crippen LogP contribution is 2.28. The molecule has 0 aromatic carbocycles. The zero-order valence-corrected chi connectivity index (χ0v) is 16.5. The molecule has 0 aliphatic heterocycles. The van der Waals surface area contributed by atoms with Crippen molar-refractivity contribution in [3.05, 3.63) is 36.5 Å². The van der Waals surface area contributed by atoms with Gasteiger partial charge in [-0.15, -0.1) is 0 Å². The molecule has 1 aliphatic carbocycles. The van der Waals surface area contributed by atoms with Crippen molar-refractivity contribution in [1.82, 2.24) is 19.9 Å². The summed E-state index contributed by atoms with van der Waals surface area (Å²) in [7, 11) is 4.21. The van der Waals surface area contributed by atoms with E-state index in [1.54, 1.807) is 19.3 Å². The Morgan fingerprint density at radius 3 is 2.61 bits per heavy atom. The molecule has 1 saturated carbocycles. The molecular formula is C21H25N5O2. The monoisotopic (exact) mass is 379 g/mol. The lowest BCUT2D eigenvalue weighted by Crippen LogP contribution is -2.35. The van der Waals surface area contributed by atoms with Crippen LogP contribution in [-0.4, -0.2) is 45.9 Å². The molecule has 3 aromatic rings. The van der Waals surface area contributed by atoms with Crippen LogP contribution in [0.3, 0.4) is 0 Å². The van der Waals surface area contributed by atoms with Crippen molar-refractivity contribution in [2.24, 2.45) is 5.92 Å². The van der Waals surface area contributed by atoms with Gasteiger partial charge in [0.05, 0.1) is 11.7 Å². The first kappa shape index (κ1) is 18.6. The smallest absolute Gasteiger partial charge is 0.228 e. The van der Waals surface area contributed by atoms with Crippen LogP contribution in [0.2, 0.25) is 0 Å². The Kier molecular flexibility index (Phi) is 5.09. The number of carbonyl (C=O) groups is 1. The van der Waals surface area contributed by atoms with E-state index in [-0.39, 0.29) is 11.8 Å². The fourth-order valence-electron chi connectivity index (χ4n) is 3.78. The van der Waals surface area contributed by atoms with Crippen LogP contribution in [-0.2, 0) is 4.79 Å². The number of amides is 1. The summed E-state index contributed by atoms with van der Waals surface area (Å²) in [5, 5.41) is 3.88. The van der Waals surface area contributed by atoms with Crippen molar-refractivity contribution < 1.29 is 9.21 Å². The number of aromatic nitrogens is 3. The largest absolute Gasteiger partial charge is 0.439 e. The van der Waals surface area contributed by atoms with Gasteiger partial charge >= 0.3 is 0 Å². The molecule has 28 heavy (non-hydrogen) atoms. The number of oxazole rings is 1. The molecule has 0 radical (unpaired) electrons. The van der Waals surface area contributed by atoms with Gasteiger partial charge in [-0.05, 0) is 51.9 Å². The van der Waals surface area contributed by atoms with Crippen LogP contribution in [0.1, 0.15) is 31.6 Å². The van der Waals surface area contributed by atoms with Crippen LogP contribution in [0, 0.1) is 12.8 Å². The molecule has 0 atom stereocenters. The summed E-state index contributed by atoms with van der Waals surface area (Å²) in [6.45, 7) is 1.80. The number of hydrogen-bond acceptors (Lipinski definition) is 6. The number of nitrogens with one attached hydrogen (secondary N) is 1. The molecule has 1 amide bonds.